The minimum absolute atomic E-state index is 0.0250. The van der Waals surface area contributed by atoms with E-state index in [-0.39, 0.29) is 40.5 Å². The van der Waals surface area contributed by atoms with Gasteiger partial charge in [-0.1, -0.05) is 113 Å². The highest BCUT2D eigenvalue weighted by molar-refractivity contribution is 9.10. The zero-order valence-corrected chi connectivity index (χ0v) is 27.8. The highest BCUT2D eigenvalue weighted by Gasteiger charge is 2.36. The molecule has 1 aliphatic carbocycles. The number of benzene rings is 4. The number of para-hydroxylation sites is 1. The Kier molecular flexibility index (Phi) is 11.0. The highest BCUT2D eigenvalue weighted by atomic mass is 79.9. The van der Waals surface area contributed by atoms with E-state index in [2.05, 4.69) is 21.2 Å². The summed E-state index contributed by atoms with van der Waals surface area (Å²) in [4.78, 5) is 30.1. The van der Waals surface area contributed by atoms with Crippen molar-refractivity contribution in [2.24, 2.45) is 0 Å². The van der Waals surface area contributed by atoms with E-state index in [1.807, 2.05) is 54.6 Å². The summed E-state index contributed by atoms with van der Waals surface area (Å²) < 4.78 is 30.1. The maximum Gasteiger partial charge on any atom is 0.264 e. The lowest BCUT2D eigenvalue weighted by atomic mass is 10.0. The maximum absolute atomic E-state index is 14.5. The molecule has 4 aromatic rings. The van der Waals surface area contributed by atoms with Gasteiger partial charge in [0.2, 0.25) is 11.8 Å². The van der Waals surface area contributed by atoms with E-state index in [4.69, 9.17) is 11.6 Å². The summed E-state index contributed by atoms with van der Waals surface area (Å²) in [5.74, 6) is -0.786. The molecule has 4 aromatic carbocycles. The summed E-state index contributed by atoms with van der Waals surface area (Å²) in [5.41, 5.74) is 1.86. The van der Waals surface area contributed by atoms with Crippen LogP contribution in [0.25, 0.3) is 0 Å². The van der Waals surface area contributed by atoms with E-state index in [1.165, 1.54) is 17.0 Å². The van der Waals surface area contributed by atoms with Crippen molar-refractivity contribution in [2.45, 2.75) is 55.6 Å². The van der Waals surface area contributed by atoms with E-state index >= 15 is 0 Å². The molecule has 0 bridgehead atoms. The normalized spacial score (nSPS) is 14.1. The van der Waals surface area contributed by atoms with Gasteiger partial charge in [0.1, 0.15) is 12.6 Å². The van der Waals surface area contributed by atoms with Crippen molar-refractivity contribution in [3.05, 3.63) is 130 Å². The molecule has 10 heteroatoms. The Morgan fingerprint density at radius 2 is 1.42 bits per heavy atom. The molecule has 7 nitrogen and oxygen atoms in total. The Balaban J connectivity index is 1.56. The molecule has 234 valence electrons. The van der Waals surface area contributed by atoms with Gasteiger partial charge in [0.25, 0.3) is 10.0 Å². The summed E-state index contributed by atoms with van der Waals surface area (Å²) in [5, 5.41) is 3.37. The second kappa shape index (κ2) is 15.1. The fraction of sp³-hybridized carbons (Fsp3) is 0.257. The van der Waals surface area contributed by atoms with Gasteiger partial charge in [-0.15, -0.1) is 0 Å². The average molecular weight is 709 g/mol. The van der Waals surface area contributed by atoms with Crippen molar-refractivity contribution in [2.75, 3.05) is 10.8 Å². The van der Waals surface area contributed by atoms with Gasteiger partial charge in [-0.3, -0.25) is 13.9 Å². The molecule has 1 fully saturated rings. The molecule has 0 aliphatic heterocycles. The number of hydrogen-bond donors (Lipinski definition) is 1. The van der Waals surface area contributed by atoms with Crippen LogP contribution in [-0.2, 0) is 32.6 Å². The number of anilines is 1. The van der Waals surface area contributed by atoms with Gasteiger partial charge in [-0.05, 0) is 60.4 Å². The number of carbonyl (C=O) groups excluding carboxylic acids is 2. The second-order valence-corrected chi connectivity index (χ2v) is 14.3. The van der Waals surface area contributed by atoms with E-state index in [9.17, 15) is 18.0 Å². The second-order valence-electron chi connectivity index (χ2n) is 11.1. The van der Waals surface area contributed by atoms with Crippen LogP contribution < -0.4 is 9.62 Å². The zero-order valence-electron chi connectivity index (χ0n) is 24.7. The molecule has 2 amide bonds. The van der Waals surface area contributed by atoms with Crippen molar-refractivity contribution < 1.29 is 18.0 Å². The van der Waals surface area contributed by atoms with Gasteiger partial charge in [0.05, 0.1) is 15.6 Å². The summed E-state index contributed by atoms with van der Waals surface area (Å²) in [6.45, 7) is -0.455. The minimum Gasteiger partial charge on any atom is -0.352 e. The van der Waals surface area contributed by atoms with Gasteiger partial charge >= 0.3 is 0 Å². The molecular formula is C35H35BrClN3O4S. The molecule has 0 unspecified atom stereocenters. The molecular weight excluding hydrogens is 674 g/mol. The summed E-state index contributed by atoms with van der Waals surface area (Å²) in [6.07, 6.45) is 4.12. The largest absolute Gasteiger partial charge is 0.352 e. The number of sulfonamides is 1. The van der Waals surface area contributed by atoms with E-state index in [0.717, 1.165) is 45.6 Å². The number of carbonyl (C=O) groups is 2. The number of rotatable bonds is 12. The molecule has 1 atom stereocenters. The van der Waals surface area contributed by atoms with Gasteiger partial charge in [0, 0.05) is 23.5 Å². The fourth-order valence-corrected chi connectivity index (χ4v) is 7.60. The SMILES string of the molecule is O=C(NC1CCCC1)[C@@H](Cc1ccccc1)N(Cc1ccc(Br)cc1)C(=O)CN(c1ccccc1Cl)S(=O)(=O)c1ccccc1. The number of halogens is 2. The Morgan fingerprint density at radius 1 is 0.822 bits per heavy atom. The van der Waals surface area contributed by atoms with Crippen LogP contribution in [0.5, 0.6) is 0 Å². The molecule has 1 N–H and O–H groups in total. The minimum atomic E-state index is -4.21. The van der Waals surface area contributed by atoms with Crippen molar-refractivity contribution >= 4 is 55.1 Å². The third-order valence-electron chi connectivity index (χ3n) is 7.97. The molecule has 5 rings (SSSR count). The topological polar surface area (TPSA) is 86.8 Å². The van der Waals surface area contributed by atoms with Crippen molar-refractivity contribution in [3.63, 3.8) is 0 Å². The summed E-state index contributed by atoms with van der Waals surface area (Å²) >= 11 is 10.0. The average Bonchev–Trinajstić information content (AvgIpc) is 3.56. The van der Waals surface area contributed by atoms with Crippen molar-refractivity contribution in [1.82, 2.24) is 10.2 Å². The first-order valence-electron chi connectivity index (χ1n) is 14.9. The lowest BCUT2D eigenvalue weighted by molar-refractivity contribution is -0.140. The smallest absolute Gasteiger partial charge is 0.264 e. The highest BCUT2D eigenvalue weighted by Crippen LogP contribution is 2.31. The predicted molar refractivity (Wildman–Crippen MR) is 181 cm³/mol. The fourth-order valence-electron chi connectivity index (χ4n) is 5.60. The molecule has 0 heterocycles. The molecule has 0 spiro atoms. The first-order valence-corrected chi connectivity index (χ1v) is 17.5. The Morgan fingerprint density at radius 3 is 2.07 bits per heavy atom. The van der Waals surface area contributed by atoms with Gasteiger partial charge in [0.15, 0.2) is 0 Å². The third kappa shape index (κ3) is 8.34. The Hall–Kier alpha value is -3.66. The van der Waals surface area contributed by atoms with Crippen molar-refractivity contribution in [1.29, 1.82) is 0 Å². The lowest BCUT2D eigenvalue weighted by Crippen LogP contribution is -2.54. The van der Waals surface area contributed by atoms with E-state index in [0.29, 0.717) is 0 Å². The van der Waals surface area contributed by atoms with Crippen molar-refractivity contribution in [3.8, 4) is 0 Å². The van der Waals surface area contributed by atoms with Crippen LogP contribution in [-0.4, -0.2) is 43.8 Å². The number of nitrogens with one attached hydrogen (secondary N) is 1. The van der Waals surface area contributed by atoms with Crippen LogP contribution in [0.1, 0.15) is 36.8 Å². The molecule has 0 radical (unpaired) electrons. The van der Waals surface area contributed by atoms with Crippen LogP contribution in [0.2, 0.25) is 5.02 Å². The van der Waals surface area contributed by atoms with Gasteiger partial charge in [-0.2, -0.15) is 0 Å². The third-order valence-corrected chi connectivity index (χ3v) is 10.6. The maximum atomic E-state index is 14.5. The van der Waals surface area contributed by atoms with Crippen LogP contribution in [0, 0.1) is 0 Å². The molecule has 45 heavy (non-hydrogen) atoms. The standard InChI is InChI=1S/C35H35BrClN3O4S/c36-28-21-19-27(20-22-28)24-39(33(23-26-11-3-1-4-12-26)35(42)38-29-13-7-8-14-29)34(41)25-40(32-18-10-9-17-31(32)37)45(43,44)30-15-5-2-6-16-30/h1-6,9-12,15-22,29,33H,7-8,13-14,23-25H2,(H,38,42)/t33-/m1/s1. The van der Waals surface area contributed by atoms with E-state index in [1.54, 1.807) is 42.5 Å². The molecule has 1 saturated carbocycles. The quantitative estimate of drug-likeness (QED) is 0.172. The predicted octanol–water partition coefficient (Wildman–Crippen LogP) is 7.00. The number of hydrogen-bond acceptors (Lipinski definition) is 4. The Labute approximate surface area is 278 Å². The van der Waals surface area contributed by atoms with Crippen LogP contribution in [0.15, 0.2) is 119 Å². The molecule has 1 aliphatic rings. The van der Waals surface area contributed by atoms with Crippen LogP contribution >= 0.6 is 27.5 Å². The first kappa shape index (κ1) is 32.7. The summed E-state index contributed by atoms with van der Waals surface area (Å²) in [6, 6.07) is 30.7. The van der Waals surface area contributed by atoms with E-state index < -0.39 is 28.5 Å². The first-order chi connectivity index (χ1) is 21.7. The number of nitrogens with zero attached hydrogens (tertiary/aromatic N) is 2. The van der Waals surface area contributed by atoms with Gasteiger partial charge in [-0.25, -0.2) is 8.42 Å². The lowest BCUT2D eigenvalue weighted by Gasteiger charge is -2.34. The monoisotopic (exact) mass is 707 g/mol. The molecule has 0 saturated heterocycles. The van der Waals surface area contributed by atoms with Crippen LogP contribution in [0.3, 0.4) is 0 Å². The van der Waals surface area contributed by atoms with Crippen LogP contribution in [0.4, 0.5) is 5.69 Å². The Bertz CT molecular complexity index is 1700. The van der Waals surface area contributed by atoms with Gasteiger partial charge < -0.3 is 10.2 Å². The number of amides is 2. The molecule has 0 aromatic heterocycles. The summed E-state index contributed by atoms with van der Waals surface area (Å²) in [7, 11) is -4.21. The zero-order chi connectivity index (χ0) is 31.8.